The summed E-state index contributed by atoms with van der Waals surface area (Å²) in [5, 5.41) is 22.4. The zero-order valence-corrected chi connectivity index (χ0v) is 8.92. The molecule has 7 nitrogen and oxygen atoms in total. The smallest absolute Gasteiger partial charge is 0.342 e. The number of nitro groups is 1. The van der Waals surface area contributed by atoms with Crippen molar-refractivity contribution >= 4 is 17.5 Å². The third-order valence-corrected chi connectivity index (χ3v) is 2.58. The molecule has 0 amide bonds. The lowest BCUT2D eigenvalue weighted by atomic mass is 10.2. The quantitative estimate of drug-likeness (QED) is 0.594. The first-order valence-corrected chi connectivity index (χ1v) is 5.19. The Balaban J connectivity index is 2.20. The molecule has 1 saturated carbocycles. The van der Waals surface area contributed by atoms with Crippen molar-refractivity contribution in [2.45, 2.75) is 12.8 Å². The lowest BCUT2D eigenvalue weighted by Crippen LogP contribution is -2.08. The molecule has 0 bridgehead atoms. The molecule has 0 aliphatic heterocycles. The van der Waals surface area contributed by atoms with E-state index in [4.69, 9.17) is 5.11 Å². The van der Waals surface area contributed by atoms with Crippen molar-refractivity contribution in [1.82, 2.24) is 4.98 Å². The summed E-state index contributed by atoms with van der Waals surface area (Å²) in [6.07, 6.45) is 3.29. The first kappa shape index (κ1) is 11.3. The van der Waals surface area contributed by atoms with Gasteiger partial charge in [-0.05, 0) is 18.8 Å². The average molecular weight is 237 g/mol. The Morgan fingerprint density at radius 2 is 2.35 bits per heavy atom. The highest BCUT2D eigenvalue weighted by molar-refractivity contribution is 5.93. The number of carboxylic acid groups (broad SMARTS) is 1. The topological polar surface area (TPSA) is 105 Å². The van der Waals surface area contributed by atoms with Gasteiger partial charge < -0.3 is 10.4 Å². The summed E-state index contributed by atoms with van der Waals surface area (Å²) in [7, 11) is 0. The molecule has 0 saturated heterocycles. The van der Waals surface area contributed by atoms with Gasteiger partial charge in [-0.15, -0.1) is 0 Å². The number of anilines is 1. The van der Waals surface area contributed by atoms with E-state index < -0.39 is 16.6 Å². The molecule has 0 spiro atoms. The van der Waals surface area contributed by atoms with Gasteiger partial charge in [0.25, 0.3) is 0 Å². The van der Waals surface area contributed by atoms with E-state index in [9.17, 15) is 14.9 Å². The Labute approximate surface area is 96.6 Å². The number of pyridine rings is 1. The van der Waals surface area contributed by atoms with Crippen molar-refractivity contribution in [3.63, 3.8) is 0 Å². The van der Waals surface area contributed by atoms with Crippen LogP contribution in [0.4, 0.5) is 11.5 Å². The van der Waals surface area contributed by atoms with Crippen molar-refractivity contribution in [2.75, 3.05) is 11.9 Å². The molecule has 1 aliphatic carbocycles. The summed E-state index contributed by atoms with van der Waals surface area (Å²) in [6, 6.07) is 1.20. The first-order valence-electron chi connectivity index (χ1n) is 5.19. The van der Waals surface area contributed by atoms with Crippen LogP contribution in [-0.2, 0) is 0 Å². The molecule has 0 aromatic carbocycles. The zero-order valence-electron chi connectivity index (χ0n) is 8.92. The normalized spacial score (nSPS) is 14.4. The maximum atomic E-state index is 10.9. The number of aromatic nitrogens is 1. The van der Waals surface area contributed by atoms with E-state index in [0.717, 1.165) is 25.6 Å². The van der Waals surface area contributed by atoms with Crippen LogP contribution in [0.5, 0.6) is 0 Å². The van der Waals surface area contributed by atoms with Crippen molar-refractivity contribution in [3.05, 3.63) is 27.9 Å². The molecule has 0 radical (unpaired) electrons. The van der Waals surface area contributed by atoms with Crippen LogP contribution in [0.2, 0.25) is 0 Å². The van der Waals surface area contributed by atoms with E-state index in [1.54, 1.807) is 0 Å². The first-order chi connectivity index (χ1) is 8.08. The third-order valence-electron chi connectivity index (χ3n) is 2.58. The maximum absolute atomic E-state index is 10.9. The summed E-state index contributed by atoms with van der Waals surface area (Å²) >= 11 is 0. The number of nitrogens with one attached hydrogen (secondary N) is 1. The number of rotatable bonds is 5. The van der Waals surface area contributed by atoms with E-state index in [0.29, 0.717) is 11.7 Å². The Bertz CT molecular complexity index is 471. The van der Waals surface area contributed by atoms with E-state index in [1.807, 2.05) is 0 Å². The molecule has 1 fully saturated rings. The van der Waals surface area contributed by atoms with Gasteiger partial charge in [-0.2, -0.15) is 0 Å². The molecule has 0 atom stereocenters. The van der Waals surface area contributed by atoms with E-state index >= 15 is 0 Å². The molecular formula is C10H11N3O4. The average Bonchev–Trinajstić information content (AvgIpc) is 3.09. The molecule has 1 aliphatic rings. The van der Waals surface area contributed by atoms with Crippen LogP contribution in [0.25, 0.3) is 0 Å². The second-order valence-corrected chi connectivity index (χ2v) is 3.97. The van der Waals surface area contributed by atoms with Gasteiger partial charge in [-0.3, -0.25) is 10.1 Å². The van der Waals surface area contributed by atoms with Crippen LogP contribution in [-0.4, -0.2) is 27.5 Å². The standard InChI is InChI=1S/C10H11N3O4/c14-10(15)7-3-9(11-4-6-1-2-6)12-5-8(7)13(16)17/h3,5-6H,1-2,4H2,(H,11,12)(H,14,15). The fourth-order valence-corrected chi connectivity index (χ4v) is 1.43. The van der Waals surface area contributed by atoms with Gasteiger partial charge in [0.15, 0.2) is 0 Å². The van der Waals surface area contributed by atoms with E-state index in [1.165, 1.54) is 6.07 Å². The van der Waals surface area contributed by atoms with E-state index in [2.05, 4.69) is 10.3 Å². The Hall–Kier alpha value is -2.18. The Kier molecular flexibility index (Phi) is 2.90. The van der Waals surface area contributed by atoms with Crippen molar-refractivity contribution in [3.8, 4) is 0 Å². The maximum Gasteiger partial charge on any atom is 0.342 e. The van der Waals surface area contributed by atoms with Crippen LogP contribution in [0.1, 0.15) is 23.2 Å². The van der Waals surface area contributed by atoms with Crippen molar-refractivity contribution < 1.29 is 14.8 Å². The molecule has 2 N–H and O–H groups in total. The minimum absolute atomic E-state index is 0.344. The Morgan fingerprint density at radius 3 is 2.88 bits per heavy atom. The molecule has 0 unspecified atom stereocenters. The van der Waals surface area contributed by atoms with Gasteiger partial charge in [0.2, 0.25) is 0 Å². The molecule has 2 rings (SSSR count). The van der Waals surface area contributed by atoms with Crippen molar-refractivity contribution in [1.29, 1.82) is 0 Å². The molecule has 17 heavy (non-hydrogen) atoms. The molecule has 1 aromatic heterocycles. The number of aromatic carboxylic acids is 1. The number of hydrogen-bond acceptors (Lipinski definition) is 5. The summed E-state index contributed by atoms with van der Waals surface area (Å²) in [5.41, 5.74) is -0.835. The summed E-state index contributed by atoms with van der Waals surface area (Å²) < 4.78 is 0. The highest BCUT2D eigenvalue weighted by Gasteiger charge is 2.23. The van der Waals surface area contributed by atoms with Crippen LogP contribution >= 0.6 is 0 Å². The van der Waals surface area contributed by atoms with Gasteiger partial charge in [-0.1, -0.05) is 0 Å². The second kappa shape index (κ2) is 4.36. The van der Waals surface area contributed by atoms with Gasteiger partial charge in [0, 0.05) is 12.6 Å². The highest BCUT2D eigenvalue weighted by atomic mass is 16.6. The second-order valence-electron chi connectivity index (χ2n) is 3.97. The largest absolute Gasteiger partial charge is 0.477 e. The van der Waals surface area contributed by atoms with Gasteiger partial charge >= 0.3 is 11.7 Å². The zero-order chi connectivity index (χ0) is 12.4. The van der Waals surface area contributed by atoms with Gasteiger partial charge in [-0.25, -0.2) is 9.78 Å². The highest BCUT2D eigenvalue weighted by Crippen LogP contribution is 2.29. The molecule has 90 valence electrons. The third kappa shape index (κ3) is 2.68. The Morgan fingerprint density at radius 1 is 1.65 bits per heavy atom. The molecule has 7 heteroatoms. The number of hydrogen-bond donors (Lipinski definition) is 2. The predicted molar refractivity (Wildman–Crippen MR) is 59.1 cm³/mol. The van der Waals surface area contributed by atoms with Crippen LogP contribution in [0.3, 0.4) is 0 Å². The number of carboxylic acids is 1. The summed E-state index contributed by atoms with van der Waals surface area (Å²) in [4.78, 5) is 24.5. The van der Waals surface area contributed by atoms with E-state index in [-0.39, 0.29) is 5.56 Å². The van der Waals surface area contributed by atoms with Crippen molar-refractivity contribution in [2.24, 2.45) is 5.92 Å². The molecular weight excluding hydrogens is 226 g/mol. The SMILES string of the molecule is O=C(O)c1cc(NCC2CC2)ncc1[N+](=O)[O-]. The molecule has 1 aromatic rings. The lowest BCUT2D eigenvalue weighted by Gasteiger charge is -2.05. The lowest BCUT2D eigenvalue weighted by molar-refractivity contribution is -0.385. The minimum atomic E-state index is -1.33. The summed E-state index contributed by atoms with van der Waals surface area (Å²) in [5.74, 6) is -0.353. The molecule has 1 heterocycles. The van der Waals surface area contributed by atoms with Gasteiger partial charge in [0.05, 0.1) is 4.92 Å². The monoisotopic (exact) mass is 237 g/mol. The fourth-order valence-electron chi connectivity index (χ4n) is 1.43. The fraction of sp³-hybridized carbons (Fsp3) is 0.400. The van der Waals surface area contributed by atoms with Crippen LogP contribution < -0.4 is 5.32 Å². The minimum Gasteiger partial charge on any atom is -0.477 e. The summed E-state index contributed by atoms with van der Waals surface area (Å²) in [6.45, 7) is 0.726. The van der Waals surface area contributed by atoms with Gasteiger partial charge in [0.1, 0.15) is 17.6 Å². The van der Waals surface area contributed by atoms with Crippen LogP contribution in [0, 0.1) is 16.0 Å². The number of carbonyl (C=O) groups is 1. The predicted octanol–water partition coefficient (Wildman–Crippen LogP) is 1.51. The number of nitrogens with zero attached hydrogens (tertiary/aromatic N) is 2. The van der Waals surface area contributed by atoms with Crippen LogP contribution in [0.15, 0.2) is 12.3 Å².